The number of Topliss-reactive ketones (excluding diaryl/α,β-unsaturated/α-hetero) is 1. The number of carbonyl (C=O) groups is 4. The fourth-order valence-corrected chi connectivity index (χ4v) is 4.10. The van der Waals surface area contributed by atoms with Gasteiger partial charge in [0.15, 0.2) is 11.6 Å². The Balaban J connectivity index is 1.63. The summed E-state index contributed by atoms with van der Waals surface area (Å²) in [6.07, 6.45) is -4.01. The second-order valence-electron chi connectivity index (χ2n) is 9.24. The second-order valence-corrected chi connectivity index (χ2v) is 9.24. The molecular weight excluding hydrogens is 563 g/mol. The molecule has 0 unspecified atom stereocenters. The maximum absolute atomic E-state index is 13.7. The molecule has 0 fully saturated rings. The number of ether oxygens (including phenoxy) is 1. The lowest BCUT2D eigenvalue weighted by Gasteiger charge is -2.11. The predicted octanol–water partition coefficient (Wildman–Crippen LogP) is 6.61. The minimum atomic E-state index is -4.88. The molecule has 1 amide bonds. The van der Waals surface area contributed by atoms with Gasteiger partial charge in [-0.3, -0.25) is 19.2 Å². The number of hydrogen-bond acceptors (Lipinski definition) is 5. The first-order valence-electron chi connectivity index (χ1n) is 12.9. The molecule has 0 saturated carbocycles. The van der Waals surface area contributed by atoms with Gasteiger partial charge in [-0.2, -0.15) is 0 Å². The molecule has 0 atom stereocenters. The van der Waals surface area contributed by atoms with Gasteiger partial charge in [0.2, 0.25) is 0 Å². The fraction of sp³-hybridized carbons (Fsp3) is 0.0909. The quantitative estimate of drug-likeness (QED) is 0.151. The maximum Gasteiger partial charge on any atom is 0.573 e. The molecule has 0 heterocycles. The summed E-state index contributed by atoms with van der Waals surface area (Å²) in [5.41, 5.74) is 2.68. The molecule has 0 aromatic heterocycles. The monoisotopic (exact) mass is 587 g/mol. The SMILES string of the molecule is O=C(O)CCNC(=O)c1ccc(C(=O)/C(=C\C(=O)c2ccc(OC(F)(F)F)cc2)c2ccc(-c3ccccc3)cc2)cc1. The highest BCUT2D eigenvalue weighted by Crippen LogP contribution is 2.27. The van der Waals surface area contributed by atoms with Crippen LogP contribution in [0.5, 0.6) is 5.75 Å². The van der Waals surface area contributed by atoms with Crippen LogP contribution in [-0.4, -0.2) is 41.5 Å². The summed E-state index contributed by atoms with van der Waals surface area (Å²) in [7, 11) is 0. The molecule has 43 heavy (non-hydrogen) atoms. The third kappa shape index (κ3) is 8.49. The van der Waals surface area contributed by atoms with Crippen molar-refractivity contribution in [3.63, 3.8) is 0 Å². The van der Waals surface area contributed by atoms with Gasteiger partial charge in [-0.1, -0.05) is 66.7 Å². The first-order valence-corrected chi connectivity index (χ1v) is 12.9. The molecular formula is C33H24F3NO6. The maximum atomic E-state index is 13.7. The van der Waals surface area contributed by atoms with E-state index < -0.39 is 35.6 Å². The number of ketones is 2. The van der Waals surface area contributed by atoms with Crippen molar-refractivity contribution in [1.29, 1.82) is 0 Å². The molecule has 4 rings (SSSR count). The van der Waals surface area contributed by atoms with Crippen molar-refractivity contribution in [3.05, 3.63) is 131 Å². The summed E-state index contributed by atoms with van der Waals surface area (Å²) in [5, 5.41) is 11.2. The van der Waals surface area contributed by atoms with Crippen LogP contribution in [-0.2, 0) is 4.79 Å². The van der Waals surface area contributed by atoms with Crippen LogP contribution >= 0.6 is 0 Å². The van der Waals surface area contributed by atoms with Crippen molar-refractivity contribution in [2.45, 2.75) is 12.8 Å². The number of aliphatic carboxylic acids is 1. The Morgan fingerprint density at radius 3 is 1.81 bits per heavy atom. The third-order valence-corrected chi connectivity index (χ3v) is 6.23. The fourth-order valence-electron chi connectivity index (χ4n) is 4.10. The highest BCUT2D eigenvalue weighted by atomic mass is 19.4. The smallest absolute Gasteiger partial charge is 0.481 e. The number of carbonyl (C=O) groups excluding carboxylic acids is 3. The molecule has 0 aliphatic heterocycles. The number of carboxylic acids is 1. The Morgan fingerprint density at radius 1 is 0.698 bits per heavy atom. The molecule has 0 aliphatic rings. The first kappa shape index (κ1) is 30.4. The molecule has 0 aliphatic carbocycles. The van der Waals surface area contributed by atoms with Crippen LogP contribution in [0.4, 0.5) is 13.2 Å². The van der Waals surface area contributed by atoms with Crippen LogP contribution < -0.4 is 10.1 Å². The molecule has 0 saturated heterocycles. The van der Waals surface area contributed by atoms with E-state index >= 15 is 0 Å². The van der Waals surface area contributed by atoms with E-state index in [1.165, 1.54) is 24.3 Å². The zero-order valence-electron chi connectivity index (χ0n) is 22.4. The van der Waals surface area contributed by atoms with Crippen molar-refractivity contribution < 1.29 is 42.2 Å². The molecule has 0 spiro atoms. The van der Waals surface area contributed by atoms with Crippen LogP contribution in [0, 0.1) is 0 Å². The largest absolute Gasteiger partial charge is 0.573 e. The van der Waals surface area contributed by atoms with Gasteiger partial charge in [0.05, 0.1) is 6.42 Å². The van der Waals surface area contributed by atoms with E-state index in [1.807, 2.05) is 30.3 Å². The summed E-state index contributed by atoms with van der Waals surface area (Å²) < 4.78 is 41.4. The van der Waals surface area contributed by atoms with Gasteiger partial charge in [0.25, 0.3) is 5.91 Å². The van der Waals surface area contributed by atoms with E-state index in [4.69, 9.17) is 5.11 Å². The van der Waals surface area contributed by atoms with Crippen LogP contribution in [0.2, 0.25) is 0 Å². The van der Waals surface area contributed by atoms with E-state index in [0.29, 0.717) is 5.56 Å². The predicted molar refractivity (Wildman–Crippen MR) is 153 cm³/mol. The molecule has 4 aromatic carbocycles. The van der Waals surface area contributed by atoms with E-state index in [9.17, 15) is 32.3 Å². The Labute approximate surface area is 244 Å². The lowest BCUT2D eigenvalue weighted by molar-refractivity contribution is -0.274. The summed E-state index contributed by atoms with van der Waals surface area (Å²) in [6.45, 7) is -0.0634. The Bertz CT molecular complexity index is 1640. The number of hydrogen-bond donors (Lipinski definition) is 2. The Hall–Kier alpha value is -5.51. The van der Waals surface area contributed by atoms with Crippen LogP contribution in [0.25, 0.3) is 16.7 Å². The molecule has 7 nitrogen and oxygen atoms in total. The van der Waals surface area contributed by atoms with Crippen molar-refractivity contribution in [2.24, 2.45) is 0 Å². The van der Waals surface area contributed by atoms with Crippen molar-refractivity contribution in [3.8, 4) is 16.9 Å². The standard InChI is InChI=1S/C33H24F3NO6/c34-33(35,36)43-27-16-14-24(15-17-27)29(38)20-28(23-8-6-22(7-9-23)21-4-2-1-3-5-21)31(41)25-10-12-26(13-11-25)32(42)37-19-18-30(39)40/h1-17,20H,18-19H2,(H,37,42)(H,39,40)/b28-20-. The summed E-state index contributed by atoms with van der Waals surface area (Å²) >= 11 is 0. The van der Waals surface area contributed by atoms with Gasteiger partial charge in [0, 0.05) is 28.8 Å². The molecule has 4 aromatic rings. The number of rotatable bonds is 11. The number of benzene rings is 4. The molecule has 0 radical (unpaired) electrons. The zero-order chi connectivity index (χ0) is 31.0. The minimum absolute atomic E-state index is 0.0267. The average molecular weight is 588 g/mol. The number of halogens is 3. The summed E-state index contributed by atoms with van der Waals surface area (Å²) in [4.78, 5) is 49.8. The van der Waals surface area contributed by atoms with Gasteiger partial charge >= 0.3 is 12.3 Å². The number of amides is 1. The van der Waals surface area contributed by atoms with E-state index in [1.54, 1.807) is 24.3 Å². The number of nitrogens with one attached hydrogen (secondary N) is 1. The van der Waals surface area contributed by atoms with Gasteiger partial charge < -0.3 is 15.2 Å². The van der Waals surface area contributed by atoms with Gasteiger partial charge in [-0.25, -0.2) is 0 Å². The van der Waals surface area contributed by atoms with Crippen LogP contribution in [0.3, 0.4) is 0 Å². The normalized spacial score (nSPS) is 11.5. The first-order chi connectivity index (χ1) is 20.5. The van der Waals surface area contributed by atoms with Gasteiger partial charge in [-0.15, -0.1) is 13.2 Å². The molecule has 0 bridgehead atoms. The van der Waals surface area contributed by atoms with E-state index in [0.717, 1.165) is 41.5 Å². The zero-order valence-corrected chi connectivity index (χ0v) is 22.4. The molecule has 218 valence electrons. The van der Waals surface area contributed by atoms with Crippen molar-refractivity contribution >= 4 is 29.0 Å². The minimum Gasteiger partial charge on any atom is -0.481 e. The molecule has 10 heteroatoms. The summed E-state index contributed by atoms with van der Waals surface area (Å²) in [5.74, 6) is -3.22. The number of allylic oxidation sites excluding steroid dienone is 2. The number of alkyl halides is 3. The van der Waals surface area contributed by atoms with E-state index in [-0.39, 0.29) is 35.2 Å². The average Bonchev–Trinajstić information content (AvgIpc) is 2.99. The second kappa shape index (κ2) is 13.4. The van der Waals surface area contributed by atoms with Gasteiger partial charge in [-0.05, 0) is 59.2 Å². The highest BCUT2D eigenvalue weighted by molar-refractivity contribution is 6.32. The van der Waals surface area contributed by atoms with Crippen LogP contribution in [0.15, 0.2) is 109 Å². The van der Waals surface area contributed by atoms with Crippen LogP contribution in [0.1, 0.15) is 43.1 Å². The Morgan fingerprint density at radius 2 is 1.23 bits per heavy atom. The summed E-state index contributed by atoms with van der Waals surface area (Å²) in [6, 6.07) is 26.4. The topological polar surface area (TPSA) is 110 Å². The lowest BCUT2D eigenvalue weighted by atomic mass is 9.92. The van der Waals surface area contributed by atoms with E-state index in [2.05, 4.69) is 10.1 Å². The third-order valence-electron chi connectivity index (χ3n) is 6.23. The number of carboxylic acid groups (broad SMARTS) is 1. The van der Waals surface area contributed by atoms with Crippen molar-refractivity contribution in [1.82, 2.24) is 5.32 Å². The Kier molecular flexibility index (Phi) is 9.51. The molecule has 2 N–H and O–H groups in total. The van der Waals surface area contributed by atoms with Gasteiger partial charge in [0.1, 0.15) is 5.75 Å². The van der Waals surface area contributed by atoms with Crippen molar-refractivity contribution in [2.75, 3.05) is 6.54 Å². The lowest BCUT2D eigenvalue weighted by Crippen LogP contribution is -2.26. The highest BCUT2D eigenvalue weighted by Gasteiger charge is 2.31.